The fourth-order valence-electron chi connectivity index (χ4n) is 1.53. The molecule has 0 fully saturated rings. The van der Waals surface area contributed by atoms with Gasteiger partial charge in [0.25, 0.3) is 0 Å². The molecule has 0 saturated heterocycles. The Kier molecular flexibility index (Phi) is 2.07. The summed E-state index contributed by atoms with van der Waals surface area (Å²) in [5.74, 6) is -0.782. The second-order valence-corrected chi connectivity index (χ2v) is 3.34. The fourth-order valence-corrected chi connectivity index (χ4v) is 1.53. The number of phenolic OH excluding ortho intramolecular Hbond substituents is 1. The molecule has 0 spiro atoms. The van der Waals surface area contributed by atoms with Gasteiger partial charge in [-0.2, -0.15) is 5.10 Å². The first kappa shape index (κ1) is 9.51. The van der Waals surface area contributed by atoms with Gasteiger partial charge in [-0.1, -0.05) is 0 Å². The van der Waals surface area contributed by atoms with Gasteiger partial charge in [-0.25, -0.2) is 0 Å². The molecule has 0 atom stereocenters. The average Bonchev–Trinajstić information content (AvgIpc) is 2.44. The Morgan fingerprint density at radius 2 is 2.27 bits per heavy atom. The highest BCUT2D eigenvalue weighted by molar-refractivity contribution is 5.83. The van der Waals surface area contributed by atoms with Gasteiger partial charge >= 0.3 is 5.97 Å². The highest BCUT2D eigenvalue weighted by Crippen LogP contribution is 2.22. The van der Waals surface area contributed by atoms with Crippen LogP contribution in [0.1, 0.15) is 5.69 Å². The van der Waals surface area contributed by atoms with Crippen molar-refractivity contribution in [1.82, 2.24) is 9.78 Å². The van der Waals surface area contributed by atoms with Crippen LogP contribution in [0.5, 0.6) is 5.75 Å². The van der Waals surface area contributed by atoms with Crippen LogP contribution in [0.25, 0.3) is 10.9 Å². The van der Waals surface area contributed by atoms with Gasteiger partial charge in [0.15, 0.2) is 0 Å². The Bertz CT molecular complexity index is 531. The van der Waals surface area contributed by atoms with Crippen molar-refractivity contribution in [3.05, 3.63) is 23.9 Å². The van der Waals surface area contributed by atoms with Gasteiger partial charge in [0, 0.05) is 11.1 Å². The Labute approximate surface area is 85.6 Å². The van der Waals surface area contributed by atoms with E-state index < -0.39 is 5.97 Å². The molecule has 0 radical (unpaired) electrons. The zero-order chi connectivity index (χ0) is 11.0. The fraction of sp³-hybridized carbons (Fsp3) is 0.200. The number of aromatic hydroxyl groups is 1. The summed E-state index contributed by atoms with van der Waals surface area (Å²) < 4.78 is 1.41. The lowest BCUT2D eigenvalue weighted by Crippen LogP contribution is -2.11. The second-order valence-electron chi connectivity index (χ2n) is 3.34. The quantitative estimate of drug-likeness (QED) is 0.772. The maximum atomic E-state index is 10.6. The van der Waals surface area contributed by atoms with Crippen LogP contribution in [0.3, 0.4) is 0 Å². The Balaban J connectivity index is 2.59. The minimum atomic E-state index is -0.935. The third kappa shape index (κ3) is 1.63. The Hall–Kier alpha value is -2.04. The summed E-state index contributed by atoms with van der Waals surface area (Å²) in [6, 6.07) is 4.77. The molecule has 1 aromatic heterocycles. The predicted molar refractivity (Wildman–Crippen MR) is 53.8 cm³/mol. The number of benzene rings is 1. The lowest BCUT2D eigenvalue weighted by Gasteiger charge is -1.98. The van der Waals surface area contributed by atoms with Gasteiger partial charge in [0.2, 0.25) is 0 Å². The van der Waals surface area contributed by atoms with E-state index in [1.165, 1.54) is 10.7 Å². The van der Waals surface area contributed by atoms with Crippen LogP contribution in [0, 0.1) is 6.92 Å². The molecule has 15 heavy (non-hydrogen) atoms. The number of hydrogen-bond donors (Lipinski definition) is 2. The van der Waals surface area contributed by atoms with E-state index in [4.69, 9.17) is 5.11 Å². The van der Waals surface area contributed by atoms with Gasteiger partial charge in [0.1, 0.15) is 12.3 Å². The van der Waals surface area contributed by atoms with Crippen molar-refractivity contribution in [2.75, 3.05) is 0 Å². The molecule has 1 aromatic carbocycles. The molecule has 0 aliphatic rings. The standard InChI is InChI=1S/C10H10N2O3/c1-6-8-4-7(13)2-3-9(8)11-12(6)5-10(14)15/h2-4,13H,5H2,1H3,(H,14,15). The summed E-state index contributed by atoms with van der Waals surface area (Å²) in [5, 5.41) is 22.8. The maximum Gasteiger partial charge on any atom is 0.325 e. The predicted octanol–water partition coefficient (Wildman–Crippen LogP) is 1.13. The van der Waals surface area contributed by atoms with E-state index in [-0.39, 0.29) is 12.3 Å². The Morgan fingerprint density at radius 1 is 1.53 bits per heavy atom. The van der Waals surface area contributed by atoms with Crippen LogP contribution in [0.2, 0.25) is 0 Å². The van der Waals surface area contributed by atoms with Gasteiger partial charge in [0.05, 0.1) is 5.52 Å². The van der Waals surface area contributed by atoms with Crippen molar-refractivity contribution in [2.45, 2.75) is 13.5 Å². The summed E-state index contributed by atoms with van der Waals surface area (Å²) in [6.45, 7) is 1.61. The molecule has 0 unspecified atom stereocenters. The number of nitrogens with zero attached hydrogens (tertiary/aromatic N) is 2. The normalized spacial score (nSPS) is 10.7. The summed E-state index contributed by atoms with van der Waals surface area (Å²) >= 11 is 0. The van der Waals surface area contributed by atoms with E-state index >= 15 is 0 Å². The molecule has 1 heterocycles. The molecule has 0 saturated carbocycles. The van der Waals surface area contributed by atoms with Gasteiger partial charge < -0.3 is 10.2 Å². The number of aliphatic carboxylic acids is 1. The average molecular weight is 206 g/mol. The molecule has 0 aliphatic heterocycles. The SMILES string of the molecule is Cc1c2cc(O)ccc2nn1CC(=O)O. The van der Waals surface area contributed by atoms with Crippen LogP contribution >= 0.6 is 0 Å². The van der Waals surface area contributed by atoms with Crippen molar-refractivity contribution in [3.8, 4) is 5.75 Å². The molecule has 2 aromatic rings. The van der Waals surface area contributed by atoms with Crippen LogP contribution in [0.15, 0.2) is 18.2 Å². The van der Waals surface area contributed by atoms with E-state index in [9.17, 15) is 9.90 Å². The first-order valence-corrected chi connectivity index (χ1v) is 4.46. The first-order valence-electron chi connectivity index (χ1n) is 4.46. The Morgan fingerprint density at radius 3 is 2.93 bits per heavy atom. The zero-order valence-electron chi connectivity index (χ0n) is 8.14. The molecule has 5 heteroatoms. The first-order chi connectivity index (χ1) is 7.08. The summed E-state index contributed by atoms with van der Waals surface area (Å²) in [7, 11) is 0. The number of carboxylic acid groups (broad SMARTS) is 1. The lowest BCUT2D eigenvalue weighted by atomic mass is 10.2. The number of aryl methyl sites for hydroxylation is 1. The number of phenols is 1. The van der Waals surface area contributed by atoms with Crippen LogP contribution in [-0.4, -0.2) is 26.0 Å². The third-order valence-corrected chi connectivity index (χ3v) is 2.27. The molecule has 2 N–H and O–H groups in total. The molecule has 78 valence electrons. The lowest BCUT2D eigenvalue weighted by molar-refractivity contribution is -0.137. The van der Waals surface area contributed by atoms with E-state index in [2.05, 4.69) is 5.10 Å². The monoisotopic (exact) mass is 206 g/mol. The van der Waals surface area contributed by atoms with Crippen molar-refractivity contribution in [1.29, 1.82) is 0 Å². The van der Waals surface area contributed by atoms with Crippen molar-refractivity contribution in [3.63, 3.8) is 0 Å². The van der Waals surface area contributed by atoms with Crippen molar-refractivity contribution < 1.29 is 15.0 Å². The van der Waals surface area contributed by atoms with Crippen LogP contribution in [-0.2, 0) is 11.3 Å². The molecule has 2 rings (SSSR count). The van der Waals surface area contributed by atoms with E-state index in [0.29, 0.717) is 5.52 Å². The van der Waals surface area contributed by atoms with Gasteiger partial charge in [-0.05, 0) is 25.1 Å². The van der Waals surface area contributed by atoms with E-state index in [0.717, 1.165) is 11.1 Å². The van der Waals surface area contributed by atoms with E-state index in [1.807, 2.05) is 0 Å². The third-order valence-electron chi connectivity index (χ3n) is 2.27. The number of carbonyl (C=O) groups is 1. The number of carboxylic acids is 1. The van der Waals surface area contributed by atoms with Gasteiger partial charge in [-0.15, -0.1) is 0 Å². The number of hydrogen-bond acceptors (Lipinski definition) is 3. The molecule has 5 nitrogen and oxygen atoms in total. The highest BCUT2D eigenvalue weighted by atomic mass is 16.4. The number of rotatable bonds is 2. The van der Waals surface area contributed by atoms with Crippen LogP contribution in [0.4, 0.5) is 0 Å². The maximum absolute atomic E-state index is 10.6. The molecular formula is C10H10N2O3. The summed E-state index contributed by atoms with van der Waals surface area (Å²) in [5.41, 5.74) is 1.43. The van der Waals surface area contributed by atoms with Crippen molar-refractivity contribution in [2.24, 2.45) is 0 Å². The minimum absolute atomic E-state index is 0.153. The summed E-state index contributed by atoms with van der Waals surface area (Å²) in [4.78, 5) is 10.6. The zero-order valence-corrected chi connectivity index (χ0v) is 8.14. The second kappa shape index (κ2) is 3.27. The molecule has 0 aliphatic carbocycles. The number of fused-ring (bicyclic) bond motifs is 1. The highest BCUT2D eigenvalue weighted by Gasteiger charge is 2.09. The molecular weight excluding hydrogens is 196 g/mol. The topological polar surface area (TPSA) is 75.4 Å². The summed E-state index contributed by atoms with van der Waals surface area (Å²) in [6.07, 6.45) is 0. The molecule has 0 amide bonds. The number of aromatic nitrogens is 2. The van der Waals surface area contributed by atoms with Crippen LogP contribution < -0.4 is 0 Å². The largest absolute Gasteiger partial charge is 0.508 e. The van der Waals surface area contributed by atoms with Gasteiger partial charge in [-0.3, -0.25) is 9.48 Å². The molecule has 0 bridgehead atoms. The van der Waals surface area contributed by atoms with Crippen molar-refractivity contribution >= 4 is 16.9 Å². The smallest absolute Gasteiger partial charge is 0.325 e. The van der Waals surface area contributed by atoms with E-state index in [1.54, 1.807) is 19.1 Å². The minimum Gasteiger partial charge on any atom is -0.508 e.